The molecule has 1 aliphatic rings. The Morgan fingerprint density at radius 3 is 2.89 bits per heavy atom. The standard InChI is InChI=1S/C15H17N3O/c19-15(16-8-10-18-9-4-7-17-18)14-11-13(14)12-5-2-1-3-6-12/h1-7,9,13-14H,8,10-11H2,(H,16,19)/t13-,14-/m1/s1. The molecule has 0 unspecified atom stereocenters. The summed E-state index contributed by atoms with van der Waals surface area (Å²) in [6, 6.07) is 12.1. The number of nitrogens with one attached hydrogen (secondary N) is 1. The van der Waals surface area contributed by atoms with Crippen LogP contribution in [0.2, 0.25) is 0 Å². The highest BCUT2D eigenvalue weighted by Gasteiger charge is 2.43. The van der Waals surface area contributed by atoms with E-state index in [-0.39, 0.29) is 11.8 Å². The molecule has 0 aliphatic heterocycles. The molecule has 4 heteroatoms. The van der Waals surface area contributed by atoms with E-state index in [1.807, 2.05) is 35.1 Å². The molecule has 0 saturated heterocycles. The lowest BCUT2D eigenvalue weighted by Gasteiger charge is -2.05. The van der Waals surface area contributed by atoms with Crippen LogP contribution in [0.1, 0.15) is 17.9 Å². The Bertz CT molecular complexity index is 536. The van der Waals surface area contributed by atoms with Crippen molar-refractivity contribution in [3.05, 3.63) is 54.4 Å². The molecule has 4 nitrogen and oxygen atoms in total. The fourth-order valence-corrected chi connectivity index (χ4v) is 2.41. The minimum absolute atomic E-state index is 0.153. The highest BCUT2D eigenvalue weighted by molar-refractivity contribution is 5.82. The van der Waals surface area contributed by atoms with Gasteiger partial charge >= 0.3 is 0 Å². The van der Waals surface area contributed by atoms with E-state index in [2.05, 4.69) is 22.5 Å². The van der Waals surface area contributed by atoms with Gasteiger partial charge in [0.25, 0.3) is 0 Å². The molecule has 1 aromatic carbocycles. The third-order valence-corrected chi connectivity index (χ3v) is 3.55. The number of benzene rings is 1. The number of amides is 1. The van der Waals surface area contributed by atoms with Crippen molar-refractivity contribution in [2.45, 2.75) is 18.9 Å². The van der Waals surface area contributed by atoms with Gasteiger partial charge in [-0.3, -0.25) is 9.48 Å². The molecule has 0 radical (unpaired) electrons. The zero-order chi connectivity index (χ0) is 13.1. The smallest absolute Gasteiger partial charge is 0.223 e. The van der Waals surface area contributed by atoms with E-state index in [1.165, 1.54) is 5.56 Å². The summed E-state index contributed by atoms with van der Waals surface area (Å²) in [4.78, 5) is 12.0. The molecule has 0 spiro atoms. The summed E-state index contributed by atoms with van der Waals surface area (Å²) in [5.74, 6) is 0.729. The van der Waals surface area contributed by atoms with E-state index in [4.69, 9.17) is 0 Å². The molecule has 1 aromatic heterocycles. The predicted molar refractivity (Wildman–Crippen MR) is 72.5 cm³/mol. The number of hydrogen-bond acceptors (Lipinski definition) is 2. The minimum atomic E-state index is 0.153. The normalized spacial score (nSPS) is 21.1. The maximum atomic E-state index is 12.0. The molecule has 1 fully saturated rings. The highest BCUT2D eigenvalue weighted by atomic mass is 16.2. The van der Waals surface area contributed by atoms with Gasteiger partial charge in [0.05, 0.1) is 6.54 Å². The zero-order valence-corrected chi connectivity index (χ0v) is 10.7. The van der Waals surface area contributed by atoms with E-state index in [0.717, 1.165) is 13.0 Å². The van der Waals surface area contributed by atoms with Crippen LogP contribution in [-0.4, -0.2) is 22.2 Å². The first-order valence-corrected chi connectivity index (χ1v) is 6.64. The Morgan fingerprint density at radius 1 is 1.32 bits per heavy atom. The van der Waals surface area contributed by atoms with Gasteiger partial charge in [-0.1, -0.05) is 30.3 Å². The number of carbonyl (C=O) groups excluding carboxylic acids is 1. The van der Waals surface area contributed by atoms with Crippen LogP contribution in [0.15, 0.2) is 48.8 Å². The fourth-order valence-electron chi connectivity index (χ4n) is 2.41. The molecule has 1 N–H and O–H groups in total. The summed E-state index contributed by atoms with van der Waals surface area (Å²) in [5, 5.41) is 7.08. The van der Waals surface area contributed by atoms with Crippen molar-refractivity contribution in [2.75, 3.05) is 6.54 Å². The zero-order valence-electron chi connectivity index (χ0n) is 10.7. The Morgan fingerprint density at radius 2 is 2.16 bits per heavy atom. The van der Waals surface area contributed by atoms with Gasteiger partial charge < -0.3 is 5.32 Å². The first kappa shape index (κ1) is 12.0. The van der Waals surface area contributed by atoms with Crippen molar-refractivity contribution in [3.63, 3.8) is 0 Å². The molecule has 19 heavy (non-hydrogen) atoms. The maximum absolute atomic E-state index is 12.0. The van der Waals surface area contributed by atoms with Crippen LogP contribution in [0.5, 0.6) is 0 Å². The molecule has 2 aromatic rings. The SMILES string of the molecule is O=C(NCCn1cccn1)[C@@H]1C[C@@H]1c1ccccc1. The minimum Gasteiger partial charge on any atom is -0.354 e. The van der Waals surface area contributed by atoms with Crippen molar-refractivity contribution in [1.29, 1.82) is 0 Å². The summed E-state index contributed by atoms with van der Waals surface area (Å²) >= 11 is 0. The Hall–Kier alpha value is -2.10. The van der Waals surface area contributed by atoms with Crippen molar-refractivity contribution in [3.8, 4) is 0 Å². The Kier molecular flexibility index (Phi) is 3.31. The second-order valence-electron chi connectivity index (χ2n) is 4.92. The molecule has 3 rings (SSSR count). The van der Waals surface area contributed by atoms with Crippen molar-refractivity contribution >= 4 is 5.91 Å². The molecular formula is C15H17N3O. The van der Waals surface area contributed by atoms with E-state index < -0.39 is 0 Å². The van der Waals surface area contributed by atoms with Crippen LogP contribution in [0.25, 0.3) is 0 Å². The van der Waals surface area contributed by atoms with E-state index in [9.17, 15) is 4.79 Å². The quantitative estimate of drug-likeness (QED) is 0.885. The first-order chi connectivity index (χ1) is 9.34. The maximum Gasteiger partial charge on any atom is 0.223 e. The lowest BCUT2D eigenvalue weighted by Crippen LogP contribution is -2.29. The lowest BCUT2D eigenvalue weighted by atomic mass is 10.1. The van der Waals surface area contributed by atoms with Crippen molar-refractivity contribution in [1.82, 2.24) is 15.1 Å². The van der Waals surface area contributed by atoms with Gasteiger partial charge in [-0.2, -0.15) is 5.10 Å². The summed E-state index contributed by atoms with van der Waals surface area (Å²) < 4.78 is 1.82. The van der Waals surface area contributed by atoms with Crippen LogP contribution in [0.4, 0.5) is 0 Å². The number of carbonyl (C=O) groups is 1. The molecule has 1 saturated carbocycles. The van der Waals surface area contributed by atoms with Gasteiger partial charge in [0.15, 0.2) is 0 Å². The van der Waals surface area contributed by atoms with Gasteiger partial charge in [0.2, 0.25) is 5.91 Å². The van der Waals surface area contributed by atoms with Crippen LogP contribution < -0.4 is 5.32 Å². The fraction of sp³-hybridized carbons (Fsp3) is 0.333. The topological polar surface area (TPSA) is 46.9 Å². The summed E-state index contributed by atoms with van der Waals surface area (Å²) in [7, 11) is 0. The lowest BCUT2D eigenvalue weighted by molar-refractivity contribution is -0.122. The van der Waals surface area contributed by atoms with Gasteiger partial charge in [-0.15, -0.1) is 0 Å². The third kappa shape index (κ3) is 2.84. The average Bonchev–Trinajstić information content (AvgIpc) is 3.09. The molecule has 2 atom stereocenters. The van der Waals surface area contributed by atoms with Gasteiger partial charge in [-0.05, 0) is 24.0 Å². The van der Waals surface area contributed by atoms with E-state index >= 15 is 0 Å². The van der Waals surface area contributed by atoms with Gasteiger partial charge in [0.1, 0.15) is 0 Å². The number of nitrogens with zero attached hydrogens (tertiary/aromatic N) is 2. The van der Waals surface area contributed by atoms with Gasteiger partial charge in [0, 0.05) is 24.9 Å². The van der Waals surface area contributed by atoms with E-state index in [1.54, 1.807) is 6.20 Å². The summed E-state index contributed by atoms with van der Waals surface area (Å²) in [6.07, 6.45) is 4.61. The second kappa shape index (κ2) is 5.26. The monoisotopic (exact) mass is 255 g/mol. The second-order valence-corrected chi connectivity index (χ2v) is 4.92. The largest absolute Gasteiger partial charge is 0.354 e. The van der Waals surface area contributed by atoms with Gasteiger partial charge in [-0.25, -0.2) is 0 Å². The Balaban J connectivity index is 1.45. The summed E-state index contributed by atoms with van der Waals surface area (Å²) in [5.41, 5.74) is 1.27. The number of hydrogen-bond donors (Lipinski definition) is 1. The Labute approximate surface area is 112 Å². The van der Waals surface area contributed by atoms with Crippen LogP contribution in [-0.2, 0) is 11.3 Å². The molecule has 98 valence electrons. The molecule has 1 heterocycles. The van der Waals surface area contributed by atoms with Crippen LogP contribution in [0, 0.1) is 5.92 Å². The first-order valence-electron chi connectivity index (χ1n) is 6.64. The summed E-state index contributed by atoms with van der Waals surface area (Å²) in [6.45, 7) is 1.36. The van der Waals surface area contributed by atoms with Crippen molar-refractivity contribution < 1.29 is 4.79 Å². The van der Waals surface area contributed by atoms with Crippen molar-refractivity contribution in [2.24, 2.45) is 5.92 Å². The number of rotatable bonds is 5. The molecular weight excluding hydrogens is 238 g/mol. The average molecular weight is 255 g/mol. The van der Waals surface area contributed by atoms with Crippen LogP contribution >= 0.6 is 0 Å². The van der Waals surface area contributed by atoms with Crippen LogP contribution in [0.3, 0.4) is 0 Å². The molecule has 0 bridgehead atoms. The molecule has 1 aliphatic carbocycles. The highest BCUT2D eigenvalue weighted by Crippen LogP contribution is 2.47. The third-order valence-electron chi connectivity index (χ3n) is 3.55. The molecule has 1 amide bonds. The predicted octanol–water partition coefficient (Wildman–Crippen LogP) is 1.80. The van der Waals surface area contributed by atoms with E-state index in [0.29, 0.717) is 12.5 Å². The number of aromatic nitrogens is 2.